The van der Waals surface area contributed by atoms with Crippen molar-refractivity contribution in [1.29, 1.82) is 0 Å². The Kier molecular flexibility index (Phi) is 6.82. The standard InChI is InChI=1S/C18H20ClN3OS/c1-4-22(3)12-20-16-10-15(19)18(21-13(16)2)17(23)11-24-14-8-6-5-7-9-14/h5-10,12H,4,11H2,1-3H3. The molecule has 0 amide bonds. The first-order valence-corrected chi connectivity index (χ1v) is 9.00. The Balaban J connectivity index is 2.11. The SMILES string of the molecule is CCN(C)C=Nc1cc(Cl)c(C(=O)CSc2ccccc2)nc1C. The van der Waals surface area contributed by atoms with E-state index in [1.165, 1.54) is 11.8 Å². The summed E-state index contributed by atoms with van der Waals surface area (Å²) in [5.74, 6) is 0.218. The molecule has 0 unspecified atom stereocenters. The van der Waals surface area contributed by atoms with Crippen LogP contribution in [0.4, 0.5) is 5.69 Å². The number of hydrogen-bond donors (Lipinski definition) is 0. The van der Waals surface area contributed by atoms with Crippen molar-refractivity contribution in [2.75, 3.05) is 19.3 Å². The zero-order valence-electron chi connectivity index (χ0n) is 14.0. The van der Waals surface area contributed by atoms with E-state index in [9.17, 15) is 4.79 Å². The van der Waals surface area contributed by atoms with Crippen molar-refractivity contribution in [3.8, 4) is 0 Å². The maximum atomic E-state index is 12.4. The second kappa shape index (κ2) is 8.85. The predicted octanol–water partition coefficient (Wildman–Crippen LogP) is 4.63. The monoisotopic (exact) mass is 361 g/mol. The zero-order valence-corrected chi connectivity index (χ0v) is 15.6. The lowest BCUT2D eigenvalue weighted by atomic mass is 10.2. The minimum absolute atomic E-state index is 0.0850. The van der Waals surface area contributed by atoms with E-state index in [4.69, 9.17) is 11.6 Å². The molecule has 2 aromatic rings. The highest BCUT2D eigenvalue weighted by Gasteiger charge is 2.15. The van der Waals surface area contributed by atoms with Crippen molar-refractivity contribution < 1.29 is 4.79 Å². The number of pyridine rings is 1. The molecular formula is C18H20ClN3OS. The van der Waals surface area contributed by atoms with Crippen LogP contribution in [0.15, 0.2) is 46.3 Å². The average molecular weight is 362 g/mol. The normalized spacial score (nSPS) is 11.0. The molecule has 4 nitrogen and oxygen atoms in total. The van der Waals surface area contributed by atoms with Crippen LogP contribution in [0.1, 0.15) is 23.1 Å². The number of rotatable bonds is 7. The van der Waals surface area contributed by atoms with Crippen molar-refractivity contribution in [2.24, 2.45) is 4.99 Å². The van der Waals surface area contributed by atoms with Crippen LogP contribution in [0.3, 0.4) is 0 Å². The number of aromatic nitrogens is 1. The van der Waals surface area contributed by atoms with Gasteiger partial charge in [-0.15, -0.1) is 11.8 Å². The minimum atomic E-state index is -0.0850. The summed E-state index contributed by atoms with van der Waals surface area (Å²) in [5, 5.41) is 0.338. The zero-order chi connectivity index (χ0) is 17.5. The third kappa shape index (κ3) is 5.08. The summed E-state index contributed by atoms with van der Waals surface area (Å²) in [4.78, 5) is 24.1. The third-order valence-corrected chi connectivity index (χ3v) is 4.71. The van der Waals surface area contributed by atoms with Crippen LogP contribution in [0.5, 0.6) is 0 Å². The van der Waals surface area contributed by atoms with E-state index in [0.29, 0.717) is 27.9 Å². The van der Waals surface area contributed by atoms with Gasteiger partial charge < -0.3 is 4.90 Å². The van der Waals surface area contributed by atoms with Gasteiger partial charge in [0.15, 0.2) is 5.78 Å². The summed E-state index contributed by atoms with van der Waals surface area (Å²) in [6.45, 7) is 4.73. The van der Waals surface area contributed by atoms with Gasteiger partial charge in [-0.2, -0.15) is 0 Å². The van der Waals surface area contributed by atoms with E-state index < -0.39 is 0 Å². The number of carbonyl (C=O) groups is 1. The molecule has 1 heterocycles. The summed E-state index contributed by atoms with van der Waals surface area (Å²) in [7, 11) is 1.94. The summed E-state index contributed by atoms with van der Waals surface area (Å²) in [6.07, 6.45) is 1.73. The van der Waals surface area contributed by atoms with Gasteiger partial charge in [0.05, 0.1) is 28.5 Å². The van der Waals surface area contributed by atoms with Gasteiger partial charge in [-0.25, -0.2) is 9.98 Å². The van der Waals surface area contributed by atoms with Crippen molar-refractivity contribution >= 4 is 41.2 Å². The molecule has 0 aliphatic rings. The quantitative estimate of drug-likeness (QED) is 0.312. The van der Waals surface area contributed by atoms with Crippen LogP contribution in [-0.2, 0) is 0 Å². The number of nitrogens with zero attached hydrogens (tertiary/aromatic N) is 3. The molecule has 0 atom stereocenters. The van der Waals surface area contributed by atoms with Gasteiger partial charge in [0.25, 0.3) is 0 Å². The number of benzene rings is 1. The molecule has 0 fully saturated rings. The third-order valence-electron chi connectivity index (χ3n) is 3.41. The van der Waals surface area contributed by atoms with Crippen LogP contribution >= 0.6 is 23.4 Å². The van der Waals surface area contributed by atoms with Gasteiger partial charge in [-0.3, -0.25) is 4.79 Å². The molecule has 0 saturated heterocycles. The van der Waals surface area contributed by atoms with Crippen LogP contribution < -0.4 is 0 Å². The van der Waals surface area contributed by atoms with Crippen LogP contribution in [0, 0.1) is 6.92 Å². The molecular weight excluding hydrogens is 342 g/mol. The fourth-order valence-electron chi connectivity index (χ4n) is 1.87. The average Bonchev–Trinajstić information content (AvgIpc) is 2.60. The fraction of sp³-hybridized carbons (Fsp3) is 0.278. The highest BCUT2D eigenvalue weighted by atomic mass is 35.5. The number of thioether (sulfide) groups is 1. The summed E-state index contributed by atoms with van der Waals surface area (Å²) in [5.41, 5.74) is 1.67. The maximum absolute atomic E-state index is 12.4. The first-order valence-electron chi connectivity index (χ1n) is 7.64. The number of carbonyl (C=O) groups excluding carboxylic acids is 1. The van der Waals surface area contributed by atoms with Crippen molar-refractivity contribution in [3.63, 3.8) is 0 Å². The highest BCUT2D eigenvalue weighted by molar-refractivity contribution is 8.00. The van der Waals surface area contributed by atoms with Crippen molar-refractivity contribution in [2.45, 2.75) is 18.7 Å². The molecule has 0 aliphatic heterocycles. The molecule has 0 saturated carbocycles. The molecule has 0 radical (unpaired) electrons. The fourth-order valence-corrected chi connectivity index (χ4v) is 2.91. The second-order valence-corrected chi connectivity index (χ2v) is 6.72. The first kappa shape index (κ1) is 18.5. The topological polar surface area (TPSA) is 45.6 Å². The lowest BCUT2D eigenvalue weighted by molar-refractivity contribution is 0.101. The number of halogens is 1. The molecule has 24 heavy (non-hydrogen) atoms. The van der Waals surface area contributed by atoms with E-state index in [2.05, 4.69) is 9.98 Å². The molecule has 1 aromatic heterocycles. The van der Waals surface area contributed by atoms with Gasteiger partial charge in [-0.05, 0) is 32.0 Å². The molecule has 0 N–H and O–H groups in total. The highest BCUT2D eigenvalue weighted by Crippen LogP contribution is 2.26. The van der Waals surface area contributed by atoms with Gasteiger partial charge in [0.2, 0.25) is 0 Å². The molecule has 0 spiro atoms. The van der Waals surface area contributed by atoms with Crippen LogP contribution in [0.2, 0.25) is 5.02 Å². The van der Waals surface area contributed by atoms with Gasteiger partial charge in [0, 0.05) is 18.5 Å². The van der Waals surface area contributed by atoms with E-state index >= 15 is 0 Å². The Hall–Kier alpha value is -1.85. The molecule has 126 valence electrons. The Labute approximate surface area is 152 Å². The minimum Gasteiger partial charge on any atom is -0.366 e. The Morgan fingerprint density at radius 1 is 1.38 bits per heavy atom. The molecule has 1 aromatic carbocycles. The molecule has 0 bridgehead atoms. The summed E-state index contributed by atoms with van der Waals surface area (Å²) < 4.78 is 0. The van der Waals surface area contributed by atoms with E-state index in [0.717, 1.165) is 11.4 Å². The van der Waals surface area contributed by atoms with Gasteiger partial charge in [-0.1, -0.05) is 29.8 Å². The van der Waals surface area contributed by atoms with Gasteiger partial charge >= 0.3 is 0 Å². The van der Waals surface area contributed by atoms with E-state index in [-0.39, 0.29) is 5.78 Å². The molecule has 2 rings (SSSR count). The molecule has 6 heteroatoms. The number of ketones is 1. The molecule has 0 aliphatic carbocycles. The Bertz CT molecular complexity index is 735. The van der Waals surface area contributed by atoms with Crippen LogP contribution in [-0.4, -0.2) is 41.4 Å². The van der Waals surface area contributed by atoms with E-state index in [1.807, 2.05) is 56.1 Å². The largest absolute Gasteiger partial charge is 0.366 e. The number of hydrogen-bond acceptors (Lipinski definition) is 4. The van der Waals surface area contributed by atoms with Gasteiger partial charge in [0.1, 0.15) is 5.69 Å². The number of aryl methyl sites for hydroxylation is 1. The Morgan fingerprint density at radius 2 is 2.08 bits per heavy atom. The first-order chi connectivity index (χ1) is 11.5. The maximum Gasteiger partial charge on any atom is 0.192 e. The smallest absolute Gasteiger partial charge is 0.192 e. The number of aliphatic imine (C=N–C) groups is 1. The number of Topliss-reactive ketones (excluding diaryl/α,β-unsaturated/α-hetero) is 1. The van der Waals surface area contributed by atoms with Crippen LogP contribution in [0.25, 0.3) is 0 Å². The van der Waals surface area contributed by atoms with Crippen molar-refractivity contribution in [1.82, 2.24) is 9.88 Å². The lowest BCUT2D eigenvalue weighted by Gasteiger charge is -2.10. The lowest BCUT2D eigenvalue weighted by Crippen LogP contribution is -2.14. The predicted molar refractivity (Wildman–Crippen MR) is 102 cm³/mol. The van der Waals surface area contributed by atoms with Crippen molar-refractivity contribution in [3.05, 3.63) is 52.8 Å². The van der Waals surface area contributed by atoms with E-state index in [1.54, 1.807) is 12.4 Å². The summed E-state index contributed by atoms with van der Waals surface area (Å²) >= 11 is 7.72. The summed E-state index contributed by atoms with van der Waals surface area (Å²) in [6, 6.07) is 11.5. The Morgan fingerprint density at radius 3 is 2.75 bits per heavy atom. The second-order valence-electron chi connectivity index (χ2n) is 5.27.